The van der Waals surface area contributed by atoms with Crippen LogP contribution in [0.2, 0.25) is 0 Å². The van der Waals surface area contributed by atoms with Gasteiger partial charge in [0.15, 0.2) is 0 Å². The van der Waals surface area contributed by atoms with Crippen molar-refractivity contribution in [2.24, 2.45) is 0 Å². The average Bonchev–Trinajstić information content (AvgIpc) is 2.30. The second-order valence-electron chi connectivity index (χ2n) is 3.23. The molecule has 4 nitrogen and oxygen atoms in total. The molecule has 1 N–H and O–H groups in total. The minimum absolute atomic E-state index is 0.369. The summed E-state index contributed by atoms with van der Waals surface area (Å²) >= 11 is 0. The molecule has 0 aromatic heterocycles. The third kappa shape index (κ3) is 3.71. The Hall–Kier alpha value is -2.17. The number of amides is 1. The predicted octanol–water partition coefficient (Wildman–Crippen LogP) is 1.82. The molecule has 5 heteroatoms. The van der Waals surface area contributed by atoms with Crippen molar-refractivity contribution < 1.29 is 19.1 Å². The number of benzene rings is 1. The lowest BCUT2D eigenvalue weighted by Gasteiger charge is -2.18. The van der Waals surface area contributed by atoms with Crippen molar-refractivity contribution in [3.8, 4) is 0 Å². The smallest absolute Gasteiger partial charge is 0.328 e. The molecule has 0 aliphatic carbocycles. The number of carboxylic acid groups (broad SMARTS) is 1. The maximum Gasteiger partial charge on any atom is 0.328 e. The van der Waals surface area contributed by atoms with E-state index in [1.165, 1.54) is 29.2 Å². The molecule has 0 saturated heterocycles. The van der Waals surface area contributed by atoms with Crippen LogP contribution in [0.3, 0.4) is 0 Å². The molecule has 0 bridgehead atoms. The molecule has 0 aliphatic heterocycles. The van der Waals surface area contributed by atoms with Crippen molar-refractivity contribution in [3.63, 3.8) is 0 Å². The largest absolute Gasteiger partial charge is 0.478 e. The Kier molecular flexibility index (Phi) is 4.39. The first-order valence-electron chi connectivity index (χ1n) is 5.02. The van der Waals surface area contributed by atoms with Gasteiger partial charge >= 0.3 is 5.97 Å². The number of halogens is 1. The fraction of sp³-hybridized carbons (Fsp3) is 0.167. The van der Waals surface area contributed by atoms with Gasteiger partial charge < -0.3 is 10.0 Å². The van der Waals surface area contributed by atoms with Gasteiger partial charge in [-0.25, -0.2) is 9.18 Å². The summed E-state index contributed by atoms with van der Waals surface area (Å²) in [6.45, 7) is 2.12. The number of carbonyl (C=O) groups is 2. The van der Waals surface area contributed by atoms with Crippen LogP contribution in [-0.2, 0) is 9.59 Å². The first-order chi connectivity index (χ1) is 8.04. The lowest BCUT2D eigenvalue weighted by atomic mass is 10.2. The molecule has 1 aromatic carbocycles. The van der Waals surface area contributed by atoms with Gasteiger partial charge in [0.05, 0.1) is 0 Å². The van der Waals surface area contributed by atoms with Crippen LogP contribution in [-0.4, -0.2) is 23.5 Å². The molecule has 1 aromatic rings. The van der Waals surface area contributed by atoms with Gasteiger partial charge in [0.25, 0.3) is 5.91 Å². The van der Waals surface area contributed by atoms with Crippen LogP contribution in [0.4, 0.5) is 10.1 Å². The van der Waals surface area contributed by atoms with E-state index in [1.807, 2.05) is 0 Å². The summed E-state index contributed by atoms with van der Waals surface area (Å²) in [5.41, 5.74) is 0.522. The van der Waals surface area contributed by atoms with E-state index in [0.29, 0.717) is 12.2 Å². The van der Waals surface area contributed by atoms with Crippen LogP contribution in [0.15, 0.2) is 36.4 Å². The van der Waals surface area contributed by atoms with Gasteiger partial charge in [-0.2, -0.15) is 0 Å². The molecule has 1 amide bonds. The van der Waals surface area contributed by atoms with Gasteiger partial charge in [0, 0.05) is 24.4 Å². The Balaban J connectivity index is 2.88. The fourth-order valence-electron chi connectivity index (χ4n) is 1.32. The van der Waals surface area contributed by atoms with Crippen LogP contribution >= 0.6 is 0 Å². The lowest BCUT2D eigenvalue weighted by molar-refractivity contribution is -0.131. The molecule has 0 aliphatic rings. The number of hydrogen-bond acceptors (Lipinski definition) is 2. The molecular formula is C12H12FNO3. The zero-order chi connectivity index (χ0) is 12.8. The molecule has 0 radical (unpaired) electrons. The molecule has 17 heavy (non-hydrogen) atoms. The minimum atomic E-state index is -1.19. The highest BCUT2D eigenvalue weighted by Crippen LogP contribution is 2.14. The van der Waals surface area contributed by atoms with E-state index in [1.54, 1.807) is 6.92 Å². The Bertz CT molecular complexity index is 440. The van der Waals surface area contributed by atoms with Gasteiger partial charge in [0.1, 0.15) is 5.82 Å². The average molecular weight is 237 g/mol. The molecule has 1 rings (SSSR count). The van der Waals surface area contributed by atoms with E-state index in [-0.39, 0.29) is 0 Å². The minimum Gasteiger partial charge on any atom is -0.478 e. The summed E-state index contributed by atoms with van der Waals surface area (Å²) in [4.78, 5) is 23.3. The molecule has 90 valence electrons. The second kappa shape index (κ2) is 5.79. The number of rotatable bonds is 4. The Morgan fingerprint density at radius 2 is 1.88 bits per heavy atom. The van der Waals surface area contributed by atoms with Crippen LogP contribution in [0.1, 0.15) is 6.92 Å². The van der Waals surface area contributed by atoms with Crippen molar-refractivity contribution in [2.75, 3.05) is 11.4 Å². The van der Waals surface area contributed by atoms with Gasteiger partial charge in [-0.1, -0.05) is 0 Å². The molecule has 0 fully saturated rings. The summed E-state index contributed by atoms with van der Waals surface area (Å²) in [7, 11) is 0. The highest BCUT2D eigenvalue weighted by molar-refractivity contribution is 6.03. The van der Waals surface area contributed by atoms with E-state index >= 15 is 0 Å². The van der Waals surface area contributed by atoms with Crippen molar-refractivity contribution in [1.29, 1.82) is 0 Å². The van der Waals surface area contributed by atoms with E-state index in [9.17, 15) is 14.0 Å². The molecule has 0 heterocycles. The normalized spacial score (nSPS) is 10.5. The number of aliphatic carboxylic acids is 1. The number of carbonyl (C=O) groups excluding carboxylic acids is 1. The van der Waals surface area contributed by atoms with Crippen LogP contribution in [0.25, 0.3) is 0 Å². The summed E-state index contributed by atoms with van der Waals surface area (Å²) in [5.74, 6) is -2.03. The first kappa shape index (κ1) is 12.9. The fourth-order valence-corrected chi connectivity index (χ4v) is 1.32. The molecule has 0 spiro atoms. The van der Waals surface area contributed by atoms with Crippen molar-refractivity contribution >= 4 is 17.6 Å². The maximum absolute atomic E-state index is 12.7. The van der Waals surface area contributed by atoms with Crippen molar-refractivity contribution in [2.45, 2.75) is 6.92 Å². The van der Waals surface area contributed by atoms with E-state index in [2.05, 4.69) is 0 Å². The van der Waals surface area contributed by atoms with Crippen LogP contribution in [0, 0.1) is 5.82 Å². The second-order valence-corrected chi connectivity index (χ2v) is 3.23. The van der Waals surface area contributed by atoms with Gasteiger partial charge in [-0.3, -0.25) is 4.79 Å². The zero-order valence-electron chi connectivity index (χ0n) is 9.26. The summed E-state index contributed by atoms with van der Waals surface area (Å²) in [5, 5.41) is 8.42. The number of likely N-dealkylation sites (N-methyl/N-ethyl adjacent to an activating group) is 1. The Morgan fingerprint density at radius 1 is 1.29 bits per heavy atom. The van der Waals surface area contributed by atoms with Gasteiger partial charge in [-0.15, -0.1) is 0 Å². The standard InChI is InChI=1S/C12H12FNO3/c1-2-14(11(15)7-8-12(16)17)10-5-3-9(13)4-6-10/h3-8H,2H2,1H3,(H,16,17). The van der Waals surface area contributed by atoms with Gasteiger partial charge in [-0.05, 0) is 31.2 Å². The van der Waals surface area contributed by atoms with Crippen LogP contribution in [0.5, 0.6) is 0 Å². The maximum atomic E-state index is 12.7. The summed E-state index contributed by atoms with van der Waals surface area (Å²) in [6.07, 6.45) is 1.74. The monoisotopic (exact) mass is 237 g/mol. The number of anilines is 1. The molecular weight excluding hydrogens is 225 g/mol. The number of hydrogen-bond donors (Lipinski definition) is 1. The van der Waals surface area contributed by atoms with Crippen LogP contribution < -0.4 is 4.90 Å². The molecule has 0 atom stereocenters. The molecule has 0 saturated carbocycles. The third-order valence-electron chi connectivity index (χ3n) is 2.09. The zero-order valence-corrected chi connectivity index (χ0v) is 9.26. The Labute approximate surface area is 98.0 Å². The quantitative estimate of drug-likeness (QED) is 0.812. The van der Waals surface area contributed by atoms with Crippen molar-refractivity contribution in [3.05, 3.63) is 42.2 Å². The number of carboxylic acids is 1. The highest BCUT2D eigenvalue weighted by atomic mass is 19.1. The molecule has 0 unspecified atom stereocenters. The highest BCUT2D eigenvalue weighted by Gasteiger charge is 2.11. The van der Waals surface area contributed by atoms with Gasteiger partial charge in [0.2, 0.25) is 0 Å². The van der Waals surface area contributed by atoms with Crippen molar-refractivity contribution in [1.82, 2.24) is 0 Å². The SMILES string of the molecule is CCN(C(=O)C=CC(=O)O)c1ccc(F)cc1. The third-order valence-corrected chi connectivity index (χ3v) is 2.09. The van der Waals surface area contributed by atoms with E-state index in [4.69, 9.17) is 5.11 Å². The van der Waals surface area contributed by atoms with E-state index < -0.39 is 17.7 Å². The Morgan fingerprint density at radius 3 is 2.35 bits per heavy atom. The lowest BCUT2D eigenvalue weighted by Crippen LogP contribution is -2.28. The summed E-state index contributed by atoms with van der Waals surface area (Å²) in [6, 6.07) is 5.41. The predicted molar refractivity (Wildman–Crippen MR) is 61.2 cm³/mol. The van der Waals surface area contributed by atoms with E-state index in [0.717, 1.165) is 12.2 Å². The number of nitrogens with zero attached hydrogens (tertiary/aromatic N) is 1. The summed E-state index contributed by atoms with van der Waals surface area (Å²) < 4.78 is 12.7. The topological polar surface area (TPSA) is 57.6 Å². The first-order valence-corrected chi connectivity index (χ1v) is 5.02.